The number of aromatic nitrogens is 2. The Kier molecular flexibility index (Phi) is 7.14. The first kappa shape index (κ1) is 26.4. The maximum Gasteiger partial charge on any atom is 0.335 e. The van der Waals surface area contributed by atoms with E-state index in [9.17, 15) is 9.90 Å². The van der Waals surface area contributed by atoms with Gasteiger partial charge in [-0.1, -0.05) is 12.1 Å². The van der Waals surface area contributed by atoms with Gasteiger partial charge in [0.1, 0.15) is 5.75 Å². The van der Waals surface area contributed by atoms with E-state index in [4.69, 9.17) is 17.0 Å². The van der Waals surface area contributed by atoms with Crippen molar-refractivity contribution in [2.45, 2.75) is 52.8 Å². The topological polar surface area (TPSA) is 79.6 Å². The summed E-state index contributed by atoms with van der Waals surface area (Å²) in [5.74, 6) is -0.146. The largest absolute Gasteiger partial charge is 0.491 e. The number of pyridine rings is 1. The van der Waals surface area contributed by atoms with Gasteiger partial charge in [0, 0.05) is 29.0 Å². The van der Waals surface area contributed by atoms with Gasteiger partial charge in [-0.25, -0.2) is 4.79 Å². The van der Waals surface area contributed by atoms with Gasteiger partial charge < -0.3 is 24.6 Å². The SMILES string of the molecule is Cc1ccc(C(=O)O)cc1-n1c(C)cc([C@H]2[C@H](c3ccccn3)NC(=S)N2c2ccc(OC(C)C)cc2)c1C. The molecule has 2 N–H and O–H groups in total. The van der Waals surface area contributed by atoms with E-state index in [1.165, 1.54) is 0 Å². The number of benzene rings is 2. The van der Waals surface area contributed by atoms with Crippen molar-refractivity contribution in [1.29, 1.82) is 0 Å². The van der Waals surface area contributed by atoms with Gasteiger partial charge in [0.05, 0.1) is 29.4 Å². The highest BCUT2D eigenvalue weighted by molar-refractivity contribution is 7.80. The van der Waals surface area contributed by atoms with Crippen molar-refractivity contribution in [2.75, 3.05) is 4.90 Å². The molecule has 3 heterocycles. The Morgan fingerprint density at radius 2 is 1.79 bits per heavy atom. The van der Waals surface area contributed by atoms with E-state index in [-0.39, 0.29) is 23.8 Å². The van der Waals surface area contributed by atoms with Crippen LogP contribution in [-0.4, -0.2) is 31.8 Å². The maximum absolute atomic E-state index is 11.7. The number of carbonyl (C=O) groups is 1. The molecule has 2 atom stereocenters. The molecule has 0 saturated carbocycles. The van der Waals surface area contributed by atoms with Crippen molar-refractivity contribution in [3.63, 3.8) is 0 Å². The summed E-state index contributed by atoms with van der Waals surface area (Å²) in [5.41, 5.74) is 7.03. The second-order valence-electron chi connectivity index (χ2n) is 10.1. The van der Waals surface area contributed by atoms with Crippen molar-refractivity contribution in [1.82, 2.24) is 14.9 Å². The normalized spacial score (nSPS) is 17.0. The predicted molar refractivity (Wildman–Crippen MR) is 157 cm³/mol. The molecule has 5 rings (SSSR count). The number of aromatic carboxylic acids is 1. The highest BCUT2D eigenvalue weighted by atomic mass is 32.1. The van der Waals surface area contributed by atoms with E-state index in [1.54, 1.807) is 18.3 Å². The number of aryl methyl sites for hydroxylation is 2. The Balaban J connectivity index is 1.65. The molecule has 8 heteroatoms. The van der Waals surface area contributed by atoms with Crippen molar-refractivity contribution < 1.29 is 14.6 Å². The minimum absolute atomic E-state index is 0.0835. The predicted octanol–water partition coefficient (Wildman–Crippen LogP) is 6.46. The minimum Gasteiger partial charge on any atom is -0.491 e. The number of thiocarbonyl (C=S) groups is 1. The van der Waals surface area contributed by atoms with Gasteiger partial charge in [-0.05, 0) is 113 Å². The summed E-state index contributed by atoms with van der Waals surface area (Å²) in [6, 6.07) is 20.9. The zero-order valence-corrected chi connectivity index (χ0v) is 23.5. The summed E-state index contributed by atoms with van der Waals surface area (Å²) >= 11 is 5.91. The molecule has 0 spiro atoms. The van der Waals surface area contributed by atoms with Gasteiger partial charge >= 0.3 is 5.97 Å². The summed E-state index contributed by atoms with van der Waals surface area (Å²) in [7, 11) is 0. The number of nitrogens with one attached hydrogen (secondary N) is 1. The smallest absolute Gasteiger partial charge is 0.335 e. The summed E-state index contributed by atoms with van der Waals surface area (Å²) in [4.78, 5) is 18.6. The molecular formula is C31H32N4O3S. The quantitative estimate of drug-likeness (QED) is 0.261. The van der Waals surface area contributed by atoms with Gasteiger partial charge in [0.2, 0.25) is 0 Å². The first-order valence-electron chi connectivity index (χ1n) is 13.0. The molecule has 0 amide bonds. The third-order valence-electron chi connectivity index (χ3n) is 7.07. The standard InChI is InChI=1S/C31H32N4O3S/c1-18(2)38-24-13-11-23(12-14-24)35-29(28(33-31(35)39)26-8-6-7-15-32-26)25-16-20(4)34(21(25)5)27-17-22(30(36)37)10-9-19(27)3/h6-18,28-29H,1-5H3,(H,33,39)(H,36,37)/t28-,29-/m0/s1. The van der Waals surface area contributed by atoms with E-state index in [1.807, 2.05) is 76.2 Å². The summed E-state index contributed by atoms with van der Waals surface area (Å²) < 4.78 is 7.99. The van der Waals surface area contributed by atoms with Gasteiger partial charge in [-0.15, -0.1) is 0 Å². The van der Waals surface area contributed by atoms with Gasteiger partial charge in [0.15, 0.2) is 5.11 Å². The number of hydrogen-bond donors (Lipinski definition) is 2. The maximum atomic E-state index is 11.7. The van der Waals surface area contributed by atoms with E-state index in [0.29, 0.717) is 5.11 Å². The van der Waals surface area contributed by atoms with E-state index in [2.05, 4.69) is 32.8 Å². The van der Waals surface area contributed by atoms with Crippen LogP contribution in [0.4, 0.5) is 5.69 Å². The highest BCUT2D eigenvalue weighted by Crippen LogP contribution is 2.44. The van der Waals surface area contributed by atoms with Crippen LogP contribution in [0.1, 0.15) is 64.5 Å². The Labute approximate surface area is 234 Å². The van der Waals surface area contributed by atoms with Crippen LogP contribution in [0.3, 0.4) is 0 Å². The number of rotatable bonds is 7. The van der Waals surface area contributed by atoms with Gasteiger partial charge in [0.25, 0.3) is 0 Å². The molecule has 200 valence electrons. The van der Waals surface area contributed by atoms with Crippen LogP contribution < -0.4 is 15.0 Å². The van der Waals surface area contributed by atoms with Crippen molar-refractivity contribution in [3.05, 3.63) is 107 Å². The Hall–Kier alpha value is -4.17. The molecule has 1 aliphatic heterocycles. The number of hydrogen-bond acceptors (Lipinski definition) is 4. The second kappa shape index (κ2) is 10.5. The molecule has 2 aromatic heterocycles. The average Bonchev–Trinajstić information content (AvgIpc) is 3.40. The zero-order valence-electron chi connectivity index (χ0n) is 22.7. The summed E-state index contributed by atoms with van der Waals surface area (Å²) in [6.07, 6.45) is 1.88. The van der Waals surface area contributed by atoms with Crippen LogP contribution in [0.15, 0.2) is 72.9 Å². The highest BCUT2D eigenvalue weighted by Gasteiger charge is 2.42. The zero-order chi connectivity index (χ0) is 27.8. The lowest BCUT2D eigenvalue weighted by Gasteiger charge is -2.28. The third kappa shape index (κ3) is 5.00. The molecule has 0 unspecified atom stereocenters. The fourth-order valence-electron chi connectivity index (χ4n) is 5.35. The lowest BCUT2D eigenvalue weighted by atomic mass is 9.96. The van der Waals surface area contributed by atoms with Crippen molar-refractivity contribution in [2.24, 2.45) is 0 Å². The molecule has 4 aromatic rings. The van der Waals surface area contributed by atoms with Crippen LogP contribution in [0.25, 0.3) is 5.69 Å². The van der Waals surface area contributed by atoms with E-state index < -0.39 is 5.97 Å². The van der Waals surface area contributed by atoms with Crippen LogP contribution in [0.2, 0.25) is 0 Å². The molecule has 1 saturated heterocycles. The van der Waals surface area contributed by atoms with Crippen LogP contribution in [0.5, 0.6) is 5.75 Å². The average molecular weight is 541 g/mol. The number of carboxylic acid groups (broad SMARTS) is 1. The fraction of sp³-hybridized carbons (Fsp3) is 0.258. The number of anilines is 1. The Morgan fingerprint density at radius 1 is 1.05 bits per heavy atom. The van der Waals surface area contributed by atoms with Crippen LogP contribution in [-0.2, 0) is 0 Å². The lowest BCUT2D eigenvalue weighted by Crippen LogP contribution is -2.29. The molecule has 2 aromatic carbocycles. The van der Waals surface area contributed by atoms with E-state index in [0.717, 1.165) is 45.3 Å². The molecule has 0 aliphatic carbocycles. The first-order valence-corrected chi connectivity index (χ1v) is 13.4. The van der Waals surface area contributed by atoms with Crippen LogP contribution >= 0.6 is 12.2 Å². The lowest BCUT2D eigenvalue weighted by molar-refractivity contribution is 0.0697. The number of nitrogens with zero attached hydrogens (tertiary/aromatic N) is 3. The summed E-state index contributed by atoms with van der Waals surface area (Å²) in [6.45, 7) is 10.1. The Bertz CT molecular complexity index is 1530. The summed E-state index contributed by atoms with van der Waals surface area (Å²) in [5, 5.41) is 13.8. The second-order valence-corrected chi connectivity index (χ2v) is 10.5. The monoisotopic (exact) mass is 540 g/mol. The molecule has 1 aliphatic rings. The van der Waals surface area contributed by atoms with Crippen LogP contribution in [0, 0.1) is 20.8 Å². The van der Waals surface area contributed by atoms with E-state index >= 15 is 0 Å². The Morgan fingerprint density at radius 3 is 2.44 bits per heavy atom. The third-order valence-corrected chi connectivity index (χ3v) is 7.39. The molecule has 1 fully saturated rings. The number of ether oxygens (including phenoxy) is 1. The van der Waals surface area contributed by atoms with Crippen molar-refractivity contribution in [3.8, 4) is 11.4 Å². The molecular weight excluding hydrogens is 508 g/mol. The fourth-order valence-corrected chi connectivity index (χ4v) is 5.69. The minimum atomic E-state index is -0.949. The molecule has 0 bridgehead atoms. The van der Waals surface area contributed by atoms with Crippen molar-refractivity contribution >= 4 is 29.0 Å². The van der Waals surface area contributed by atoms with Gasteiger partial charge in [-0.3, -0.25) is 4.98 Å². The first-order chi connectivity index (χ1) is 18.7. The van der Waals surface area contributed by atoms with Gasteiger partial charge in [-0.2, -0.15) is 0 Å². The number of carboxylic acids is 1. The molecule has 7 nitrogen and oxygen atoms in total. The molecule has 39 heavy (non-hydrogen) atoms. The molecule has 0 radical (unpaired) electrons.